The van der Waals surface area contributed by atoms with Gasteiger partial charge in [-0.1, -0.05) is 0 Å². The number of nitrogens with zero attached hydrogens (tertiary/aromatic N) is 3. The van der Waals surface area contributed by atoms with Gasteiger partial charge in [-0.3, -0.25) is 0 Å². The second kappa shape index (κ2) is 10.1. The van der Waals surface area contributed by atoms with E-state index in [0.29, 0.717) is 0 Å². The van der Waals surface area contributed by atoms with Gasteiger partial charge in [0.15, 0.2) is 0 Å². The molecule has 15 heteroatoms. The third-order valence-corrected chi connectivity index (χ3v) is 29.9. The van der Waals surface area contributed by atoms with Crippen LogP contribution in [0.1, 0.15) is 0 Å². The molecule has 0 spiro atoms. The molecule has 9 saturated heterocycles. The van der Waals surface area contributed by atoms with Crippen LogP contribution in [-0.4, -0.2) is 156 Å². The molecule has 9 aliphatic heterocycles. The number of hydrogen-bond donors (Lipinski definition) is 0. The topological polar surface area (TPSA) is 83.1 Å². The van der Waals surface area contributed by atoms with Crippen molar-refractivity contribution in [2.45, 2.75) is 0 Å². The van der Waals surface area contributed by atoms with Crippen molar-refractivity contribution in [3.05, 3.63) is 73.3 Å². The minimum atomic E-state index is -3.38. The second-order valence-electron chi connectivity index (χ2n) is 13.6. The first kappa shape index (κ1) is 32.2. The summed E-state index contributed by atoms with van der Waals surface area (Å²) in [6.07, 6.45) is 5.26. The number of quaternary nitrogens is 3. The van der Waals surface area contributed by atoms with Crippen LogP contribution in [-0.2, 0) is 39.8 Å². The van der Waals surface area contributed by atoms with E-state index in [9.17, 15) is 0 Å². The molecule has 9 aliphatic rings. The zero-order valence-corrected chi connectivity index (χ0v) is 29.7. The maximum atomic E-state index is 6.03. The summed E-state index contributed by atoms with van der Waals surface area (Å²) in [4.78, 5) is 0. The van der Waals surface area contributed by atoms with Crippen LogP contribution in [0.25, 0.3) is 0 Å². The van der Waals surface area contributed by atoms with E-state index in [0.717, 1.165) is 146 Å². The van der Waals surface area contributed by atoms with Gasteiger partial charge in [0.05, 0.1) is 0 Å². The van der Waals surface area contributed by atoms with Crippen molar-refractivity contribution < 1.29 is 52.3 Å². The first-order chi connectivity index (χ1) is 21.6. The Labute approximate surface area is 268 Å². The maximum absolute atomic E-state index is 6.03. The van der Waals surface area contributed by atoms with Crippen LogP contribution in [0.5, 0.6) is 0 Å². The Morgan fingerprint density at radius 1 is 0.356 bits per heavy atom. The molecule has 0 radical (unpaired) electrons. The van der Waals surface area contributed by atoms with E-state index in [1.807, 2.05) is 0 Å². The van der Waals surface area contributed by atoms with Gasteiger partial charge in [0.2, 0.25) is 0 Å². The quantitative estimate of drug-likeness (QED) is 0.308. The van der Waals surface area contributed by atoms with Crippen molar-refractivity contribution in [2.24, 2.45) is 0 Å². The summed E-state index contributed by atoms with van der Waals surface area (Å²) >= 11 is 0. The fourth-order valence-electron chi connectivity index (χ4n) is 10.2. The molecule has 0 saturated carbocycles. The molecule has 0 aromatic carbocycles. The van der Waals surface area contributed by atoms with Gasteiger partial charge in [-0.05, 0) is 0 Å². The fourth-order valence-corrected chi connectivity index (χ4v) is 26.3. The van der Waals surface area contributed by atoms with Gasteiger partial charge in [-0.15, -0.1) is 0 Å². The van der Waals surface area contributed by atoms with Crippen LogP contribution >= 0.6 is 0 Å². The molecule has 9 heterocycles. The third kappa shape index (κ3) is 3.31. The monoisotopic (exact) mass is 681 g/mol. The van der Waals surface area contributed by atoms with Crippen LogP contribution < -0.4 is 0 Å². The van der Waals surface area contributed by atoms with Gasteiger partial charge in [-0.25, -0.2) is 0 Å². The second-order valence-corrected chi connectivity index (χ2v) is 26.6. The SMILES string of the molecule is C=CC(=C)[Si-]123OCC[N+]1(CCO2)CCO3.C=CC(=C)[Si-]123OCC[N+]1(CCO2)CCO3.C=CC(=C)[Si-]123OCC[N+]1(CCO2)CCO3. The van der Waals surface area contributed by atoms with Gasteiger partial charge in [0.25, 0.3) is 0 Å². The van der Waals surface area contributed by atoms with Gasteiger partial charge in [-0.2, -0.15) is 0 Å². The van der Waals surface area contributed by atoms with Gasteiger partial charge < -0.3 is 0 Å². The Bertz CT molecular complexity index is 1130. The van der Waals surface area contributed by atoms with Crippen molar-refractivity contribution in [1.82, 2.24) is 0 Å². The standard InChI is InChI=1S/3C10H17NO3Si/c3*1-3-10(2)15-11(4-7-12-15,5-8-13-15)6-9-14-15/h3*3H,1-2,4-9H2. The molecule has 0 bridgehead atoms. The van der Waals surface area contributed by atoms with Gasteiger partial charge >= 0.3 is 269 Å². The first-order valence-electron chi connectivity index (χ1n) is 16.4. The Kier molecular flexibility index (Phi) is 7.20. The van der Waals surface area contributed by atoms with E-state index in [1.54, 1.807) is 18.2 Å². The molecule has 0 aliphatic carbocycles. The average molecular weight is 682 g/mol. The van der Waals surface area contributed by atoms with Gasteiger partial charge in [0.1, 0.15) is 0 Å². The minimum absolute atomic E-state index is 0.723. The van der Waals surface area contributed by atoms with Crippen molar-refractivity contribution in [1.29, 1.82) is 0 Å². The van der Waals surface area contributed by atoms with Crippen LogP contribution in [0.3, 0.4) is 0 Å². The summed E-state index contributed by atoms with van der Waals surface area (Å²) < 4.78 is 56.9. The Morgan fingerprint density at radius 2 is 0.511 bits per heavy atom. The summed E-state index contributed by atoms with van der Waals surface area (Å²) in [7, 11) is -10.1. The molecule has 9 rings (SSSR count). The van der Waals surface area contributed by atoms with E-state index in [-0.39, 0.29) is 0 Å². The molecule has 12 nitrogen and oxygen atoms in total. The predicted octanol–water partition coefficient (Wildman–Crippen LogP) is 1.69. The van der Waals surface area contributed by atoms with Gasteiger partial charge in [0, 0.05) is 0 Å². The Balaban J connectivity index is 0.000000108. The zero-order valence-electron chi connectivity index (χ0n) is 26.7. The van der Waals surface area contributed by atoms with E-state index in [1.165, 1.54) is 0 Å². The van der Waals surface area contributed by atoms with Crippen LogP contribution in [0.2, 0.25) is 0 Å². The van der Waals surface area contributed by atoms with Crippen molar-refractivity contribution in [2.75, 3.05) is 118 Å². The van der Waals surface area contributed by atoms with E-state index >= 15 is 0 Å². The molecule has 0 aromatic rings. The molecule has 0 atom stereocenters. The summed E-state index contributed by atoms with van der Waals surface area (Å²) in [5, 5.41) is 2.55. The first-order valence-corrected chi connectivity index (χ1v) is 22.9. The third-order valence-electron chi connectivity index (χ3n) is 12.7. The number of allylic oxidation sites excluding steroid dienone is 6. The van der Waals surface area contributed by atoms with E-state index < -0.39 is 24.7 Å². The molecule has 0 N–H and O–H groups in total. The number of hydrogen-bond acceptors (Lipinski definition) is 9. The molecule has 0 aromatic heterocycles. The molecular weight excluding hydrogens is 631 g/mol. The summed E-state index contributed by atoms with van der Waals surface area (Å²) in [6, 6.07) is 0. The van der Waals surface area contributed by atoms with Crippen LogP contribution in [0.15, 0.2) is 73.3 Å². The molecule has 0 amide bonds. The van der Waals surface area contributed by atoms with Crippen molar-refractivity contribution in [3.63, 3.8) is 0 Å². The normalized spacial score (nSPS) is 42.5. The molecule has 45 heavy (non-hydrogen) atoms. The zero-order chi connectivity index (χ0) is 31.8. The number of rotatable bonds is 6. The Morgan fingerprint density at radius 3 is 0.644 bits per heavy atom. The van der Waals surface area contributed by atoms with Crippen LogP contribution in [0.4, 0.5) is 0 Å². The molecule has 0 unspecified atom stereocenters. The molecule has 252 valence electrons. The van der Waals surface area contributed by atoms with E-state index in [4.69, 9.17) is 39.8 Å². The fraction of sp³-hybridized carbons (Fsp3) is 0.600. The summed E-state index contributed by atoms with van der Waals surface area (Å²) in [5.74, 6) is 0. The van der Waals surface area contributed by atoms with E-state index in [2.05, 4.69) is 39.5 Å². The van der Waals surface area contributed by atoms with Crippen LogP contribution in [0, 0.1) is 0 Å². The summed E-state index contributed by atoms with van der Waals surface area (Å²) in [6.45, 7) is 39.1. The summed E-state index contributed by atoms with van der Waals surface area (Å²) in [5.41, 5.74) is 0. The Hall–Kier alpha value is -1.39. The molecular formula is C30H51N3O9Si3. The van der Waals surface area contributed by atoms with Crippen molar-refractivity contribution in [3.8, 4) is 0 Å². The van der Waals surface area contributed by atoms with Crippen molar-refractivity contribution >= 4 is 24.7 Å². The average Bonchev–Trinajstić information content (AvgIpc) is 3.84. The predicted molar refractivity (Wildman–Crippen MR) is 173 cm³/mol. The molecule has 9 fully saturated rings.